The second kappa shape index (κ2) is 3.96. The number of ketones is 1. The van der Waals surface area contributed by atoms with Gasteiger partial charge in [0.2, 0.25) is 0 Å². The molecule has 3 N–H and O–H groups in total. The van der Waals surface area contributed by atoms with Crippen LogP contribution in [0.15, 0.2) is 18.2 Å². The van der Waals surface area contributed by atoms with E-state index in [1.54, 1.807) is 0 Å². The summed E-state index contributed by atoms with van der Waals surface area (Å²) < 4.78 is 0. The number of carbonyl (C=O) groups excluding carboxylic acids is 1. The average Bonchev–Trinajstić information content (AvgIpc) is 2.66. The predicted octanol–water partition coefficient (Wildman–Crippen LogP) is 2.04. The Hall–Kier alpha value is -1.68. The van der Waals surface area contributed by atoms with E-state index in [4.69, 9.17) is 5.73 Å². The van der Waals surface area contributed by atoms with Crippen LogP contribution in [0.2, 0.25) is 0 Å². The number of imidazole rings is 1. The van der Waals surface area contributed by atoms with Gasteiger partial charge in [-0.25, -0.2) is 4.98 Å². The molecule has 0 aliphatic rings. The highest BCUT2D eigenvalue weighted by atomic mass is 16.1. The Bertz CT molecular complexity index is 569. The van der Waals surface area contributed by atoms with Crippen molar-refractivity contribution in [1.82, 2.24) is 9.97 Å². The fourth-order valence-electron chi connectivity index (χ4n) is 1.76. The molecule has 17 heavy (non-hydrogen) atoms. The number of carbonyl (C=O) groups is 1. The second-order valence-corrected chi connectivity index (χ2v) is 4.97. The molecule has 0 radical (unpaired) electrons. The lowest BCUT2D eigenvalue weighted by atomic mass is 9.84. The van der Waals surface area contributed by atoms with Crippen LogP contribution in [-0.2, 0) is 0 Å². The summed E-state index contributed by atoms with van der Waals surface area (Å²) in [5.74, 6) is 0.914. The Morgan fingerprint density at radius 1 is 1.47 bits per heavy atom. The summed E-state index contributed by atoms with van der Waals surface area (Å²) in [6.07, 6.45) is 0. The van der Waals surface area contributed by atoms with Crippen molar-refractivity contribution in [3.8, 4) is 0 Å². The number of rotatable bonds is 3. The SMILES string of the molecule is Cc1nc2ccc(C(=O)C(C)(C)CN)cc2[nH]1. The van der Waals surface area contributed by atoms with Gasteiger partial charge in [0, 0.05) is 17.5 Å². The second-order valence-electron chi connectivity index (χ2n) is 4.97. The lowest BCUT2D eigenvalue weighted by Gasteiger charge is -2.20. The number of H-pyrrole nitrogens is 1. The number of benzene rings is 1. The lowest BCUT2D eigenvalue weighted by molar-refractivity contribution is 0.0847. The molecule has 0 aliphatic heterocycles. The monoisotopic (exact) mass is 231 g/mol. The van der Waals surface area contributed by atoms with Crippen LogP contribution < -0.4 is 5.73 Å². The smallest absolute Gasteiger partial charge is 0.169 e. The standard InChI is InChI=1S/C13H17N3O/c1-8-15-10-5-4-9(6-11(10)16-8)12(17)13(2,3)7-14/h4-6H,7,14H2,1-3H3,(H,15,16). The third-order valence-electron chi connectivity index (χ3n) is 2.99. The van der Waals surface area contributed by atoms with E-state index >= 15 is 0 Å². The maximum atomic E-state index is 12.2. The molecule has 0 aliphatic carbocycles. The largest absolute Gasteiger partial charge is 0.342 e. The number of aryl methyl sites for hydroxylation is 1. The van der Waals surface area contributed by atoms with E-state index in [0.29, 0.717) is 12.1 Å². The molecule has 1 heterocycles. The van der Waals surface area contributed by atoms with Crippen LogP contribution in [0.1, 0.15) is 30.0 Å². The van der Waals surface area contributed by atoms with Gasteiger partial charge in [0.05, 0.1) is 11.0 Å². The molecule has 0 unspecified atom stereocenters. The van der Waals surface area contributed by atoms with Gasteiger partial charge >= 0.3 is 0 Å². The Kier molecular flexibility index (Phi) is 2.75. The molecule has 0 amide bonds. The summed E-state index contributed by atoms with van der Waals surface area (Å²) in [5, 5.41) is 0. The van der Waals surface area contributed by atoms with Crippen molar-refractivity contribution in [2.45, 2.75) is 20.8 Å². The van der Waals surface area contributed by atoms with Crippen molar-refractivity contribution in [3.63, 3.8) is 0 Å². The van der Waals surface area contributed by atoms with Gasteiger partial charge < -0.3 is 10.7 Å². The first-order chi connectivity index (χ1) is 7.94. The van der Waals surface area contributed by atoms with E-state index in [9.17, 15) is 4.79 Å². The van der Waals surface area contributed by atoms with E-state index in [-0.39, 0.29) is 5.78 Å². The summed E-state index contributed by atoms with van der Waals surface area (Å²) >= 11 is 0. The maximum absolute atomic E-state index is 12.2. The highest BCUT2D eigenvalue weighted by Crippen LogP contribution is 2.22. The Labute approximate surface area is 100 Å². The Morgan fingerprint density at radius 3 is 2.82 bits per heavy atom. The van der Waals surface area contributed by atoms with Gasteiger partial charge in [0.25, 0.3) is 0 Å². The van der Waals surface area contributed by atoms with Gasteiger partial charge in [-0.15, -0.1) is 0 Å². The van der Waals surface area contributed by atoms with E-state index in [2.05, 4.69) is 9.97 Å². The minimum atomic E-state index is -0.525. The minimum Gasteiger partial charge on any atom is -0.342 e. The van der Waals surface area contributed by atoms with Crippen LogP contribution in [-0.4, -0.2) is 22.3 Å². The summed E-state index contributed by atoms with van der Waals surface area (Å²) in [6, 6.07) is 5.51. The maximum Gasteiger partial charge on any atom is 0.169 e. The van der Waals surface area contributed by atoms with Crippen LogP contribution in [0.25, 0.3) is 11.0 Å². The molecule has 0 saturated heterocycles. The van der Waals surface area contributed by atoms with Gasteiger partial charge in [0.1, 0.15) is 5.82 Å². The summed E-state index contributed by atoms with van der Waals surface area (Å²) in [6.45, 7) is 5.95. The van der Waals surface area contributed by atoms with Crippen LogP contribution in [0.5, 0.6) is 0 Å². The van der Waals surface area contributed by atoms with Gasteiger partial charge in [-0.2, -0.15) is 0 Å². The lowest BCUT2D eigenvalue weighted by Crippen LogP contribution is -2.32. The number of nitrogens with zero attached hydrogens (tertiary/aromatic N) is 1. The molecule has 1 aromatic carbocycles. The number of aromatic nitrogens is 2. The minimum absolute atomic E-state index is 0.0640. The molecule has 0 bridgehead atoms. The molecule has 90 valence electrons. The number of Topliss-reactive ketones (excluding diaryl/α,β-unsaturated/α-hetero) is 1. The highest BCUT2D eigenvalue weighted by Gasteiger charge is 2.27. The van der Waals surface area contributed by atoms with Crippen LogP contribution in [0, 0.1) is 12.3 Å². The first kappa shape index (κ1) is 11.8. The molecule has 4 heteroatoms. The quantitative estimate of drug-likeness (QED) is 0.794. The number of nitrogens with two attached hydrogens (primary N) is 1. The normalized spacial score (nSPS) is 12.0. The fourth-order valence-corrected chi connectivity index (χ4v) is 1.76. The molecule has 0 spiro atoms. The van der Waals surface area contributed by atoms with E-state index in [0.717, 1.165) is 16.9 Å². The zero-order chi connectivity index (χ0) is 12.6. The zero-order valence-electron chi connectivity index (χ0n) is 10.4. The van der Waals surface area contributed by atoms with Crippen molar-refractivity contribution in [2.24, 2.45) is 11.1 Å². The Balaban J connectivity index is 2.46. The summed E-state index contributed by atoms with van der Waals surface area (Å²) in [5.41, 5.74) is 7.54. The molecule has 2 rings (SSSR count). The molecule has 1 aromatic heterocycles. The summed E-state index contributed by atoms with van der Waals surface area (Å²) in [7, 11) is 0. The molecule has 0 atom stereocenters. The van der Waals surface area contributed by atoms with Gasteiger partial charge in [0.15, 0.2) is 5.78 Å². The molecular formula is C13H17N3O. The molecular weight excluding hydrogens is 214 g/mol. The first-order valence-electron chi connectivity index (χ1n) is 5.65. The fraction of sp³-hybridized carbons (Fsp3) is 0.385. The van der Waals surface area contributed by atoms with Crippen molar-refractivity contribution >= 4 is 16.8 Å². The van der Waals surface area contributed by atoms with E-state index in [1.165, 1.54) is 0 Å². The predicted molar refractivity (Wildman–Crippen MR) is 68.0 cm³/mol. The molecule has 0 fully saturated rings. The molecule has 4 nitrogen and oxygen atoms in total. The van der Waals surface area contributed by atoms with Crippen LogP contribution in [0.4, 0.5) is 0 Å². The van der Waals surface area contributed by atoms with Gasteiger partial charge in [-0.05, 0) is 25.1 Å². The molecule has 2 aromatic rings. The number of aromatic amines is 1. The third kappa shape index (κ3) is 2.08. The van der Waals surface area contributed by atoms with Gasteiger partial charge in [-0.3, -0.25) is 4.79 Å². The number of hydrogen-bond acceptors (Lipinski definition) is 3. The number of fused-ring (bicyclic) bond motifs is 1. The van der Waals surface area contributed by atoms with Crippen LogP contribution in [0.3, 0.4) is 0 Å². The Morgan fingerprint density at radius 2 is 2.18 bits per heavy atom. The van der Waals surface area contributed by atoms with E-state index in [1.807, 2.05) is 39.0 Å². The first-order valence-corrected chi connectivity index (χ1v) is 5.65. The van der Waals surface area contributed by atoms with E-state index < -0.39 is 5.41 Å². The van der Waals surface area contributed by atoms with Crippen molar-refractivity contribution in [3.05, 3.63) is 29.6 Å². The highest BCUT2D eigenvalue weighted by molar-refractivity contribution is 6.02. The topological polar surface area (TPSA) is 71.8 Å². The van der Waals surface area contributed by atoms with Crippen molar-refractivity contribution < 1.29 is 4.79 Å². The zero-order valence-corrected chi connectivity index (χ0v) is 10.4. The van der Waals surface area contributed by atoms with Crippen LogP contribution >= 0.6 is 0 Å². The third-order valence-corrected chi connectivity index (χ3v) is 2.99. The van der Waals surface area contributed by atoms with Crippen molar-refractivity contribution in [2.75, 3.05) is 6.54 Å². The number of nitrogens with one attached hydrogen (secondary N) is 1. The van der Waals surface area contributed by atoms with Crippen molar-refractivity contribution in [1.29, 1.82) is 0 Å². The average molecular weight is 231 g/mol. The number of hydrogen-bond donors (Lipinski definition) is 2. The molecule has 0 saturated carbocycles. The van der Waals surface area contributed by atoms with Gasteiger partial charge in [-0.1, -0.05) is 13.8 Å². The summed E-state index contributed by atoms with van der Waals surface area (Å²) in [4.78, 5) is 19.7.